The third kappa shape index (κ3) is 5.80. The van der Waals surface area contributed by atoms with Gasteiger partial charge in [0.05, 0.1) is 13.2 Å². The molecule has 1 aromatic carbocycles. The van der Waals surface area contributed by atoms with E-state index in [0.29, 0.717) is 50.2 Å². The van der Waals surface area contributed by atoms with Gasteiger partial charge in [0, 0.05) is 49.0 Å². The van der Waals surface area contributed by atoms with E-state index in [4.69, 9.17) is 25.7 Å². The lowest BCUT2D eigenvalue weighted by molar-refractivity contribution is -0.129. The first-order chi connectivity index (χ1) is 22.1. The van der Waals surface area contributed by atoms with Gasteiger partial charge < -0.3 is 45.6 Å². The van der Waals surface area contributed by atoms with E-state index in [0.717, 1.165) is 56.6 Å². The molecule has 6 atom stereocenters. The number of Topliss-reactive ketones (excluding diaryl/α,β-unsaturated/α-hetero) is 1. The number of hydrogen-bond acceptors (Lipinski definition) is 8. The van der Waals surface area contributed by atoms with Crippen LogP contribution in [0.25, 0.3) is 0 Å². The Morgan fingerprint density at radius 1 is 1.22 bits per heavy atom. The van der Waals surface area contributed by atoms with Crippen molar-refractivity contribution in [2.75, 3.05) is 40.3 Å². The van der Waals surface area contributed by atoms with Gasteiger partial charge >= 0.3 is 6.09 Å². The third-order valence-electron chi connectivity index (χ3n) is 10.9. The van der Waals surface area contributed by atoms with Gasteiger partial charge in [0.25, 0.3) is 0 Å². The van der Waals surface area contributed by atoms with Crippen LogP contribution in [0.1, 0.15) is 69.4 Å². The monoisotopic (exact) mass is 636 g/mol. The van der Waals surface area contributed by atoms with E-state index >= 15 is 0 Å². The second-order valence-corrected chi connectivity index (χ2v) is 13.6. The molecule has 5 N–H and O–H groups in total. The van der Waals surface area contributed by atoms with Crippen LogP contribution in [0.2, 0.25) is 0 Å². The first-order valence-electron chi connectivity index (χ1n) is 16.7. The zero-order valence-corrected chi connectivity index (χ0v) is 27.3. The van der Waals surface area contributed by atoms with Crippen LogP contribution in [-0.4, -0.2) is 92.1 Å². The predicted octanol–water partition coefficient (Wildman–Crippen LogP) is 2.61. The minimum absolute atomic E-state index is 0.00286. The minimum atomic E-state index is -0.479. The molecule has 2 bridgehead atoms. The van der Waals surface area contributed by atoms with Gasteiger partial charge in [-0.25, -0.2) is 4.79 Å². The van der Waals surface area contributed by atoms with Gasteiger partial charge in [-0.1, -0.05) is 6.07 Å². The van der Waals surface area contributed by atoms with Crippen molar-refractivity contribution in [1.29, 1.82) is 0 Å². The molecule has 2 unspecified atom stereocenters. The number of ether oxygens (including phenoxy) is 3. The molecular weight excluding hydrogens is 588 g/mol. The lowest BCUT2D eigenvalue weighted by Gasteiger charge is -2.56. The van der Waals surface area contributed by atoms with Crippen LogP contribution in [-0.2, 0) is 26.2 Å². The average molecular weight is 637 g/mol. The van der Waals surface area contributed by atoms with Gasteiger partial charge in [-0.3, -0.25) is 9.79 Å². The number of allylic oxidation sites excluding steroid dienone is 1. The number of carbonyl (C=O) groups is 3. The zero-order valence-electron chi connectivity index (χ0n) is 27.3. The molecule has 0 radical (unpaired) electrons. The number of likely N-dealkylation sites (N-methyl/N-ethyl adjacent to an activating group) is 1. The van der Waals surface area contributed by atoms with Crippen LogP contribution in [0.3, 0.4) is 0 Å². The Morgan fingerprint density at radius 2 is 2.04 bits per heavy atom. The maximum Gasteiger partial charge on any atom is 0.415 e. The summed E-state index contributed by atoms with van der Waals surface area (Å²) in [5.74, 6) is 1.72. The third-order valence-corrected chi connectivity index (χ3v) is 10.9. The van der Waals surface area contributed by atoms with E-state index in [1.54, 1.807) is 12.0 Å². The van der Waals surface area contributed by atoms with Crippen molar-refractivity contribution in [3.8, 4) is 11.5 Å². The van der Waals surface area contributed by atoms with Crippen molar-refractivity contribution in [2.45, 2.75) is 88.3 Å². The topological polar surface area (TPSA) is 162 Å². The summed E-state index contributed by atoms with van der Waals surface area (Å²) in [7, 11) is 3.88. The maximum atomic E-state index is 13.9. The van der Waals surface area contributed by atoms with Crippen LogP contribution in [0, 0.1) is 11.8 Å². The summed E-state index contributed by atoms with van der Waals surface area (Å²) >= 11 is 0. The van der Waals surface area contributed by atoms with Crippen LogP contribution < -0.4 is 26.3 Å². The van der Waals surface area contributed by atoms with E-state index < -0.39 is 18.1 Å². The number of rotatable bonds is 11. The predicted molar refractivity (Wildman–Crippen MR) is 173 cm³/mol. The van der Waals surface area contributed by atoms with Gasteiger partial charge in [0.15, 0.2) is 23.6 Å². The number of nitrogens with one attached hydrogen (secondary N) is 1. The Morgan fingerprint density at radius 3 is 2.80 bits per heavy atom. The van der Waals surface area contributed by atoms with Crippen molar-refractivity contribution >= 4 is 23.7 Å². The summed E-state index contributed by atoms with van der Waals surface area (Å²) in [5.41, 5.74) is 13.1. The van der Waals surface area contributed by atoms with E-state index in [9.17, 15) is 14.4 Å². The molecule has 250 valence electrons. The molecule has 2 fully saturated rings. The van der Waals surface area contributed by atoms with Gasteiger partial charge in [0.2, 0.25) is 5.91 Å². The van der Waals surface area contributed by atoms with E-state index in [2.05, 4.69) is 34.4 Å². The number of piperidine rings is 2. The number of benzene rings is 1. The van der Waals surface area contributed by atoms with Gasteiger partial charge in [-0.2, -0.15) is 0 Å². The van der Waals surface area contributed by atoms with Crippen molar-refractivity contribution in [3.63, 3.8) is 0 Å². The van der Waals surface area contributed by atoms with Crippen molar-refractivity contribution in [2.24, 2.45) is 28.3 Å². The summed E-state index contributed by atoms with van der Waals surface area (Å²) in [6, 6.07) is 4.35. The number of hydrogen-bond donors (Lipinski definition) is 3. The highest BCUT2D eigenvalue weighted by molar-refractivity contribution is 5.85. The molecule has 3 aliphatic heterocycles. The molecule has 1 aromatic rings. The Bertz CT molecular complexity index is 1420. The fourth-order valence-corrected chi connectivity index (χ4v) is 8.76. The summed E-state index contributed by atoms with van der Waals surface area (Å²) in [6.07, 6.45) is 7.74. The van der Waals surface area contributed by atoms with Crippen LogP contribution in [0.5, 0.6) is 11.5 Å². The highest BCUT2D eigenvalue weighted by atomic mass is 16.6. The van der Waals surface area contributed by atoms with Gasteiger partial charge in [-0.05, 0) is 95.5 Å². The van der Waals surface area contributed by atoms with Gasteiger partial charge in [0.1, 0.15) is 11.5 Å². The molecular formula is C34H48N6O6. The normalized spacial score (nSPS) is 28.2. The average Bonchev–Trinajstić information content (AvgIpc) is 3.39. The Balaban J connectivity index is 1.15. The fourth-order valence-electron chi connectivity index (χ4n) is 8.76. The molecule has 2 aliphatic carbocycles. The number of nitrogens with two attached hydrogens (primary N) is 2. The molecule has 1 spiro atoms. The number of guanidine groups is 1. The van der Waals surface area contributed by atoms with Gasteiger partial charge in [-0.15, -0.1) is 0 Å². The molecule has 46 heavy (non-hydrogen) atoms. The van der Waals surface area contributed by atoms with Crippen LogP contribution >= 0.6 is 0 Å². The lowest BCUT2D eigenvalue weighted by atomic mass is 9.53. The fraction of sp³-hybridized carbons (Fsp3) is 0.647. The summed E-state index contributed by atoms with van der Waals surface area (Å²) < 4.78 is 18.8. The van der Waals surface area contributed by atoms with Crippen LogP contribution in [0.15, 0.2) is 29.0 Å². The number of nitrogens with zero attached hydrogens (tertiary/aromatic N) is 3. The number of methoxy groups -OCH3 is 1. The summed E-state index contributed by atoms with van der Waals surface area (Å²) in [4.78, 5) is 47.2. The highest BCUT2D eigenvalue weighted by Crippen LogP contribution is 2.63. The molecule has 5 aliphatic rings. The second kappa shape index (κ2) is 13.1. The first-order valence-corrected chi connectivity index (χ1v) is 16.7. The Hall–Kier alpha value is -3.80. The number of carbonyl (C=O) groups excluding carboxylic acids is 3. The van der Waals surface area contributed by atoms with E-state index in [1.807, 2.05) is 6.07 Å². The minimum Gasteiger partial charge on any atom is -0.493 e. The number of ketones is 1. The largest absolute Gasteiger partial charge is 0.493 e. The highest BCUT2D eigenvalue weighted by Gasteiger charge is 2.65. The molecule has 2 amide bonds. The first kappa shape index (κ1) is 32.2. The second-order valence-electron chi connectivity index (χ2n) is 13.6. The molecule has 0 aromatic heterocycles. The standard InChI is InChI=1S/C34H48N6O6/c1-20(41)17-22(7-6-14-37-32(35)36)31(42)38-19-23-8-4-5-15-40(23)33(43)45-27-12-10-24-25-18-21-9-11-26(44-3)29-28(21)34(24,30(27)46-29)13-16-39(25)2/h9,11-12,22-25,30H,4-8,10,13-19H2,1-3H3,(H,38,42)(H4,35,36,37)/t22-,23-,24?,25-,30?,34+/m1/s1. The zero-order chi connectivity index (χ0) is 32.6. The summed E-state index contributed by atoms with van der Waals surface area (Å²) in [6.45, 7) is 3.67. The lowest BCUT2D eigenvalue weighted by Crippen LogP contribution is -2.63. The number of amides is 2. The van der Waals surface area contributed by atoms with E-state index in [1.165, 1.54) is 18.1 Å². The quantitative estimate of drug-likeness (QED) is 0.188. The Labute approximate surface area is 270 Å². The van der Waals surface area contributed by atoms with Crippen molar-refractivity contribution in [1.82, 2.24) is 15.1 Å². The smallest absolute Gasteiger partial charge is 0.415 e. The van der Waals surface area contributed by atoms with Crippen molar-refractivity contribution < 1.29 is 28.6 Å². The molecule has 0 saturated carbocycles. The SMILES string of the molecule is COc1ccc2c3c1OC1C(OC(=O)N4CCCC[C@@H]4CNC(=O)[C@H](CCCN=C(N)N)CC(C)=O)=CCC4[C@@H](C2)N(C)CC[C@]314. The number of likely N-dealkylation sites (tertiary alicyclic amines) is 2. The molecule has 2 saturated heterocycles. The Kier molecular flexibility index (Phi) is 9.18. The van der Waals surface area contributed by atoms with Crippen LogP contribution in [0.4, 0.5) is 4.79 Å². The maximum absolute atomic E-state index is 13.9. The molecule has 6 rings (SSSR count). The van der Waals surface area contributed by atoms with E-state index in [-0.39, 0.29) is 35.5 Å². The van der Waals surface area contributed by atoms with Crippen molar-refractivity contribution in [3.05, 3.63) is 35.1 Å². The number of aliphatic imine (C=N–C) groups is 1. The molecule has 12 heteroatoms. The molecule has 3 heterocycles. The molecule has 12 nitrogen and oxygen atoms in total. The summed E-state index contributed by atoms with van der Waals surface area (Å²) in [5, 5.41) is 3.03.